The van der Waals surface area contributed by atoms with E-state index in [2.05, 4.69) is 17.1 Å². The van der Waals surface area contributed by atoms with E-state index in [-0.39, 0.29) is 0 Å². The molecule has 0 aromatic rings. The molecule has 3 fully saturated rings. The first-order chi connectivity index (χ1) is 6.34. The highest BCUT2D eigenvalue weighted by molar-refractivity contribution is 4.97. The lowest BCUT2D eigenvalue weighted by molar-refractivity contribution is 0.0875. The van der Waals surface area contributed by atoms with E-state index in [0.717, 1.165) is 23.8 Å². The van der Waals surface area contributed by atoms with E-state index in [0.29, 0.717) is 0 Å². The van der Waals surface area contributed by atoms with Gasteiger partial charge in [-0.05, 0) is 43.7 Å². The summed E-state index contributed by atoms with van der Waals surface area (Å²) < 4.78 is 0. The second-order valence-corrected chi connectivity index (χ2v) is 5.25. The Morgan fingerprint density at radius 2 is 1.77 bits per heavy atom. The van der Waals surface area contributed by atoms with Gasteiger partial charge in [0.2, 0.25) is 0 Å². The second-order valence-electron chi connectivity index (χ2n) is 5.25. The largest absolute Gasteiger partial charge is 0.316 e. The molecule has 2 saturated heterocycles. The molecule has 2 aliphatic heterocycles. The third kappa shape index (κ3) is 1.23. The Morgan fingerprint density at radius 3 is 2.23 bits per heavy atom. The summed E-state index contributed by atoms with van der Waals surface area (Å²) in [6.45, 7) is 7.74. The van der Waals surface area contributed by atoms with Crippen molar-refractivity contribution in [3.05, 3.63) is 0 Å². The van der Waals surface area contributed by atoms with Crippen LogP contribution in [0.3, 0.4) is 0 Å². The monoisotopic (exact) mass is 180 g/mol. The minimum atomic E-state index is 0.950. The first-order valence-corrected chi connectivity index (χ1v) is 5.79. The Bertz CT molecular complexity index is 192. The fraction of sp³-hybridized carbons (Fsp3) is 1.00. The van der Waals surface area contributed by atoms with Crippen molar-refractivity contribution in [2.75, 3.05) is 26.2 Å². The van der Waals surface area contributed by atoms with Crippen molar-refractivity contribution in [1.82, 2.24) is 10.2 Å². The molecule has 2 heteroatoms. The molecule has 0 spiro atoms. The molecule has 0 amide bonds. The highest BCUT2D eigenvalue weighted by atomic mass is 15.2. The van der Waals surface area contributed by atoms with Crippen molar-refractivity contribution >= 4 is 0 Å². The molecule has 2 nitrogen and oxygen atoms in total. The Balaban J connectivity index is 1.63. The first kappa shape index (κ1) is 8.25. The van der Waals surface area contributed by atoms with Crippen LogP contribution >= 0.6 is 0 Å². The van der Waals surface area contributed by atoms with Gasteiger partial charge in [0.25, 0.3) is 0 Å². The zero-order valence-electron chi connectivity index (χ0n) is 8.50. The molecule has 0 radical (unpaired) electrons. The molecular formula is C11H20N2. The molecule has 2 unspecified atom stereocenters. The van der Waals surface area contributed by atoms with Crippen LogP contribution in [0.25, 0.3) is 0 Å². The third-order valence-electron chi connectivity index (χ3n) is 4.46. The average molecular weight is 180 g/mol. The van der Waals surface area contributed by atoms with Gasteiger partial charge in [-0.25, -0.2) is 0 Å². The van der Waals surface area contributed by atoms with Crippen molar-refractivity contribution in [3.63, 3.8) is 0 Å². The Labute approximate surface area is 80.7 Å². The Morgan fingerprint density at radius 1 is 1.08 bits per heavy atom. The molecule has 1 aliphatic carbocycles. The topological polar surface area (TPSA) is 15.3 Å². The molecule has 74 valence electrons. The molecule has 0 bridgehead atoms. The number of nitrogens with zero attached hydrogens (tertiary/aromatic N) is 1. The minimum absolute atomic E-state index is 0.950. The van der Waals surface area contributed by atoms with Crippen LogP contribution in [-0.2, 0) is 0 Å². The fourth-order valence-corrected chi connectivity index (χ4v) is 3.35. The number of nitrogens with one attached hydrogen (secondary N) is 1. The number of likely N-dealkylation sites (tertiary alicyclic amines) is 1. The summed E-state index contributed by atoms with van der Waals surface area (Å²) in [5.74, 6) is 2.94. The molecule has 2 heterocycles. The zero-order chi connectivity index (χ0) is 8.84. The minimum Gasteiger partial charge on any atom is -0.316 e. The molecule has 4 atom stereocenters. The van der Waals surface area contributed by atoms with Gasteiger partial charge in [0, 0.05) is 19.1 Å². The summed E-state index contributed by atoms with van der Waals surface area (Å²) in [5.41, 5.74) is 0. The maximum absolute atomic E-state index is 3.50. The van der Waals surface area contributed by atoms with Gasteiger partial charge in [0.15, 0.2) is 0 Å². The summed E-state index contributed by atoms with van der Waals surface area (Å²) in [6.07, 6.45) is 2.93. The van der Waals surface area contributed by atoms with Crippen LogP contribution in [0.15, 0.2) is 0 Å². The van der Waals surface area contributed by atoms with Gasteiger partial charge in [0.05, 0.1) is 0 Å². The molecule has 1 saturated carbocycles. The van der Waals surface area contributed by atoms with E-state index >= 15 is 0 Å². The number of hydrogen-bond acceptors (Lipinski definition) is 2. The van der Waals surface area contributed by atoms with E-state index < -0.39 is 0 Å². The predicted molar refractivity (Wildman–Crippen MR) is 53.6 cm³/mol. The maximum atomic E-state index is 3.50. The van der Waals surface area contributed by atoms with Crippen LogP contribution in [0.1, 0.15) is 19.8 Å². The lowest BCUT2D eigenvalue weighted by atomic mass is 9.80. The standard InChI is InChI=1S/C11H20N2/c1-8-2-3-11(8)13-6-9-4-12-5-10(9)7-13/h8-12H,2-7H2,1H3/t8?,9-,10+,11?. The van der Waals surface area contributed by atoms with Crippen LogP contribution in [-0.4, -0.2) is 37.1 Å². The van der Waals surface area contributed by atoms with E-state index in [1.807, 2.05) is 0 Å². The van der Waals surface area contributed by atoms with E-state index in [9.17, 15) is 0 Å². The highest BCUT2D eigenvalue weighted by Gasteiger charge is 2.42. The lowest BCUT2D eigenvalue weighted by Crippen LogP contribution is -2.45. The van der Waals surface area contributed by atoms with Gasteiger partial charge in [-0.2, -0.15) is 0 Å². The van der Waals surface area contributed by atoms with Gasteiger partial charge in [0.1, 0.15) is 0 Å². The number of fused-ring (bicyclic) bond motifs is 1. The smallest absolute Gasteiger partial charge is 0.0121 e. The number of rotatable bonds is 1. The maximum Gasteiger partial charge on any atom is 0.0121 e. The molecule has 13 heavy (non-hydrogen) atoms. The van der Waals surface area contributed by atoms with Crippen molar-refractivity contribution < 1.29 is 0 Å². The molecule has 3 rings (SSSR count). The van der Waals surface area contributed by atoms with Gasteiger partial charge < -0.3 is 5.32 Å². The van der Waals surface area contributed by atoms with Gasteiger partial charge in [-0.15, -0.1) is 0 Å². The van der Waals surface area contributed by atoms with Crippen molar-refractivity contribution in [2.24, 2.45) is 17.8 Å². The quantitative estimate of drug-likeness (QED) is 0.646. The van der Waals surface area contributed by atoms with Crippen LogP contribution in [0.4, 0.5) is 0 Å². The van der Waals surface area contributed by atoms with Gasteiger partial charge in [-0.1, -0.05) is 6.92 Å². The van der Waals surface area contributed by atoms with Crippen molar-refractivity contribution in [3.8, 4) is 0 Å². The molecule has 0 aromatic heterocycles. The number of hydrogen-bond donors (Lipinski definition) is 1. The summed E-state index contributed by atoms with van der Waals surface area (Å²) in [4.78, 5) is 2.77. The first-order valence-electron chi connectivity index (χ1n) is 5.79. The predicted octanol–water partition coefficient (Wildman–Crippen LogP) is 0.936. The van der Waals surface area contributed by atoms with Crippen LogP contribution in [0.5, 0.6) is 0 Å². The molecule has 1 N–H and O–H groups in total. The van der Waals surface area contributed by atoms with Gasteiger partial charge in [-0.3, -0.25) is 4.90 Å². The van der Waals surface area contributed by atoms with Gasteiger partial charge >= 0.3 is 0 Å². The summed E-state index contributed by atoms with van der Waals surface area (Å²) in [5, 5.41) is 3.50. The van der Waals surface area contributed by atoms with Crippen LogP contribution < -0.4 is 5.32 Å². The zero-order valence-corrected chi connectivity index (χ0v) is 8.50. The normalized spacial score (nSPS) is 50.5. The summed E-state index contributed by atoms with van der Waals surface area (Å²) in [7, 11) is 0. The SMILES string of the molecule is CC1CCC1N1C[C@H]2CNC[C@H]2C1. The third-order valence-corrected chi connectivity index (χ3v) is 4.46. The second kappa shape index (κ2) is 2.96. The summed E-state index contributed by atoms with van der Waals surface area (Å²) in [6, 6.07) is 0.950. The van der Waals surface area contributed by atoms with Crippen molar-refractivity contribution in [1.29, 1.82) is 0 Å². The van der Waals surface area contributed by atoms with E-state index in [1.165, 1.54) is 39.0 Å². The van der Waals surface area contributed by atoms with E-state index in [1.54, 1.807) is 0 Å². The Hall–Kier alpha value is -0.0800. The van der Waals surface area contributed by atoms with Crippen LogP contribution in [0.2, 0.25) is 0 Å². The van der Waals surface area contributed by atoms with Crippen molar-refractivity contribution in [2.45, 2.75) is 25.8 Å². The molecule has 0 aromatic carbocycles. The van der Waals surface area contributed by atoms with Crippen LogP contribution in [0, 0.1) is 17.8 Å². The fourth-order valence-electron chi connectivity index (χ4n) is 3.35. The molecular weight excluding hydrogens is 160 g/mol. The van der Waals surface area contributed by atoms with E-state index in [4.69, 9.17) is 0 Å². The highest BCUT2D eigenvalue weighted by Crippen LogP contribution is 2.37. The summed E-state index contributed by atoms with van der Waals surface area (Å²) >= 11 is 0. The average Bonchev–Trinajstić information content (AvgIpc) is 2.61. The lowest BCUT2D eigenvalue weighted by Gasteiger charge is -2.41. The Kier molecular flexibility index (Phi) is 1.88. The molecule has 3 aliphatic rings.